The molecule has 2 aliphatic rings. The third-order valence-electron chi connectivity index (χ3n) is 1.70. The van der Waals surface area contributed by atoms with Crippen molar-refractivity contribution < 1.29 is 0 Å². The Morgan fingerprint density at radius 2 is 2.60 bits per heavy atom. The third kappa shape index (κ3) is 0.856. The van der Waals surface area contributed by atoms with Crippen LogP contribution in [0.2, 0.25) is 0 Å². The minimum absolute atomic E-state index is 0.235. The van der Waals surface area contributed by atoms with Gasteiger partial charge < -0.3 is 4.90 Å². The fourth-order valence-corrected chi connectivity index (χ4v) is 1.18. The smallest absolute Gasteiger partial charge is 0.140 e. The molecule has 0 aromatic heterocycles. The van der Waals surface area contributed by atoms with Crippen LogP contribution < -0.4 is 0 Å². The molecule has 0 aromatic carbocycles. The highest BCUT2D eigenvalue weighted by Crippen LogP contribution is 2.12. The van der Waals surface area contributed by atoms with E-state index in [1.165, 1.54) is 0 Å². The Balaban J connectivity index is 2.05. The maximum Gasteiger partial charge on any atom is 0.140 e. The second kappa shape index (κ2) is 2.29. The van der Waals surface area contributed by atoms with E-state index in [4.69, 9.17) is 0 Å². The summed E-state index contributed by atoms with van der Waals surface area (Å²) >= 11 is 0. The molecule has 0 aromatic rings. The molecular formula is C8H9N2. The quantitative estimate of drug-likeness (QED) is 0.520. The van der Waals surface area contributed by atoms with E-state index in [0.717, 1.165) is 13.0 Å². The standard InChI is InChI=1S/C8H9N2/c1-2-7-10(6-1)8-4-3-5-9-8/h1,3-5,8H,2,7H2. The van der Waals surface area contributed by atoms with Crippen LogP contribution in [0, 0.1) is 6.20 Å². The summed E-state index contributed by atoms with van der Waals surface area (Å²) in [5, 5.41) is 0. The van der Waals surface area contributed by atoms with Crippen LogP contribution in [0.15, 0.2) is 23.2 Å². The minimum atomic E-state index is 0.235. The second-order valence-corrected chi connectivity index (χ2v) is 2.41. The average Bonchev–Trinajstić information content (AvgIpc) is 2.59. The summed E-state index contributed by atoms with van der Waals surface area (Å²) < 4.78 is 0. The molecule has 1 atom stereocenters. The number of hydrogen-bond donors (Lipinski definition) is 0. The molecule has 0 fully saturated rings. The van der Waals surface area contributed by atoms with Crippen LogP contribution in [-0.4, -0.2) is 23.8 Å². The molecule has 2 heteroatoms. The lowest BCUT2D eigenvalue weighted by molar-refractivity contribution is 0.342. The monoisotopic (exact) mass is 133 g/mol. The minimum Gasteiger partial charge on any atom is -0.345 e. The number of rotatable bonds is 1. The number of nitrogens with zero attached hydrogens (tertiary/aromatic N) is 2. The van der Waals surface area contributed by atoms with Crippen LogP contribution in [0.25, 0.3) is 0 Å². The predicted octanol–water partition coefficient (Wildman–Crippen LogP) is 0.976. The molecule has 1 radical (unpaired) electrons. The highest BCUT2D eigenvalue weighted by molar-refractivity contribution is 5.74. The lowest BCUT2D eigenvalue weighted by Crippen LogP contribution is -2.24. The van der Waals surface area contributed by atoms with Crippen LogP contribution in [0.4, 0.5) is 0 Å². The van der Waals surface area contributed by atoms with Crippen molar-refractivity contribution in [2.45, 2.75) is 12.6 Å². The molecule has 0 saturated carbocycles. The topological polar surface area (TPSA) is 15.6 Å². The van der Waals surface area contributed by atoms with Crippen LogP contribution in [0.5, 0.6) is 0 Å². The molecule has 0 spiro atoms. The van der Waals surface area contributed by atoms with Crippen LogP contribution in [0.1, 0.15) is 6.42 Å². The van der Waals surface area contributed by atoms with Gasteiger partial charge in [0, 0.05) is 12.8 Å². The molecule has 2 nitrogen and oxygen atoms in total. The van der Waals surface area contributed by atoms with Gasteiger partial charge in [-0.2, -0.15) is 0 Å². The Morgan fingerprint density at radius 3 is 3.20 bits per heavy atom. The van der Waals surface area contributed by atoms with Crippen molar-refractivity contribution in [3.05, 3.63) is 24.4 Å². The first-order valence-corrected chi connectivity index (χ1v) is 3.51. The lowest BCUT2D eigenvalue weighted by Gasteiger charge is -2.17. The van der Waals surface area contributed by atoms with Crippen molar-refractivity contribution in [1.29, 1.82) is 0 Å². The predicted molar refractivity (Wildman–Crippen MR) is 40.6 cm³/mol. The number of hydrogen-bond acceptors (Lipinski definition) is 2. The van der Waals surface area contributed by atoms with Crippen LogP contribution >= 0.6 is 0 Å². The van der Waals surface area contributed by atoms with Crippen molar-refractivity contribution in [2.75, 3.05) is 6.54 Å². The molecule has 2 heterocycles. The van der Waals surface area contributed by atoms with E-state index in [0.29, 0.717) is 0 Å². The molecule has 0 bridgehead atoms. The Kier molecular flexibility index (Phi) is 1.31. The van der Waals surface area contributed by atoms with Crippen molar-refractivity contribution in [3.8, 4) is 0 Å². The first-order valence-electron chi connectivity index (χ1n) is 3.51. The van der Waals surface area contributed by atoms with E-state index in [1.807, 2.05) is 12.3 Å². The van der Waals surface area contributed by atoms with Crippen molar-refractivity contribution in [2.24, 2.45) is 4.99 Å². The molecule has 2 aliphatic heterocycles. The molecule has 0 saturated heterocycles. The van der Waals surface area contributed by atoms with Gasteiger partial charge in [0.1, 0.15) is 6.17 Å². The summed E-state index contributed by atoms with van der Waals surface area (Å²) in [6.07, 6.45) is 12.4. The van der Waals surface area contributed by atoms with Crippen LogP contribution in [0.3, 0.4) is 0 Å². The van der Waals surface area contributed by atoms with Gasteiger partial charge in [0.25, 0.3) is 0 Å². The second-order valence-electron chi connectivity index (χ2n) is 2.41. The molecular weight excluding hydrogens is 124 g/mol. The Morgan fingerprint density at radius 1 is 1.60 bits per heavy atom. The Hall–Kier alpha value is -1.05. The van der Waals surface area contributed by atoms with Gasteiger partial charge in [0.15, 0.2) is 0 Å². The first kappa shape index (κ1) is 5.71. The van der Waals surface area contributed by atoms with Gasteiger partial charge in [-0.1, -0.05) is 6.08 Å². The van der Waals surface area contributed by atoms with Gasteiger partial charge in [-0.25, -0.2) is 0 Å². The Labute approximate surface area is 60.6 Å². The number of allylic oxidation sites excluding steroid dienone is 1. The fourth-order valence-electron chi connectivity index (χ4n) is 1.18. The molecule has 0 N–H and O–H groups in total. The molecule has 2 rings (SSSR count). The van der Waals surface area contributed by atoms with Gasteiger partial charge in [-0.3, -0.25) is 4.99 Å². The van der Waals surface area contributed by atoms with E-state index in [9.17, 15) is 0 Å². The highest BCUT2D eigenvalue weighted by Gasteiger charge is 2.14. The molecule has 51 valence electrons. The summed E-state index contributed by atoms with van der Waals surface area (Å²) in [7, 11) is 0. The van der Waals surface area contributed by atoms with Crippen molar-refractivity contribution in [1.82, 2.24) is 4.90 Å². The first-order chi connectivity index (χ1) is 4.97. The molecule has 0 amide bonds. The Bertz CT molecular complexity index is 191. The molecule has 0 aliphatic carbocycles. The summed E-state index contributed by atoms with van der Waals surface area (Å²) in [5.74, 6) is 0. The van der Waals surface area contributed by atoms with Gasteiger partial charge in [-0.05, 0) is 18.6 Å². The normalized spacial score (nSPS) is 28.8. The van der Waals surface area contributed by atoms with Gasteiger partial charge in [0.05, 0.1) is 6.20 Å². The van der Waals surface area contributed by atoms with E-state index >= 15 is 0 Å². The number of aliphatic imine (C=N–C) groups is 1. The lowest BCUT2D eigenvalue weighted by atomic mass is 10.4. The van der Waals surface area contributed by atoms with E-state index in [-0.39, 0.29) is 6.17 Å². The summed E-state index contributed by atoms with van der Waals surface area (Å²) in [6.45, 7) is 1.06. The van der Waals surface area contributed by atoms with Crippen LogP contribution in [-0.2, 0) is 0 Å². The average molecular weight is 133 g/mol. The largest absolute Gasteiger partial charge is 0.345 e. The van der Waals surface area contributed by atoms with E-state index in [1.54, 1.807) is 0 Å². The highest BCUT2D eigenvalue weighted by atomic mass is 15.2. The maximum atomic E-state index is 4.22. The molecule has 10 heavy (non-hydrogen) atoms. The van der Waals surface area contributed by atoms with Gasteiger partial charge in [0.2, 0.25) is 0 Å². The van der Waals surface area contributed by atoms with Crippen molar-refractivity contribution >= 4 is 6.21 Å². The maximum absolute atomic E-state index is 4.22. The van der Waals surface area contributed by atoms with Gasteiger partial charge >= 0.3 is 0 Å². The third-order valence-corrected chi connectivity index (χ3v) is 1.70. The van der Waals surface area contributed by atoms with Gasteiger partial charge in [-0.15, -0.1) is 0 Å². The zero-order valence-electron chi connectivity index (χ0n) is 5.70. The molecule has 1 unspecified atom stereocenters. The zero-order chi connectivity index (χ0) is 6.81. The summed E-state index contributed by atoms with van der Waals surface area (Å²) in [6, 6.07) is 0. The van der Waals surface area contributed by atoms with E-state index < -0.39 is 0 Å². The summed E-state index contributed by atoms with van der Waals surface area (Å²) in [5.41, 5.74) is 0. The SMILES string of the molecule is [C]1=CCCN1C1C=CC=N1. The summed E-state index contributed by atoms with van der Waals surface area (Å²) in [4.78, 5) is 6.34. The zero-order valence-corrected chi connectivity index (χ0v) is 5.70. The fraction of sp³-hybridized carbons (Fsp3) is 0.375. The van der Waals surface area contributed by atoms with Crippen molar-refractivity contribution in [3.63, 3.8) is 0 Å². The van der Waals surface area contributed by atoms with E-state index in [2.05, 4.69) is 28.2 Å².